The van der Waals surface area contributed by atoms with Crippen LogP contribution >= 0.6 is 0 Å². The average Bonchev–Trinajstić information content (AvgIpc) is 3.31. The molecule has 0 spiro atoms. The van der Waals surface area contributed by atoms with Gasteiger partial charge >= 0.3 is 0 Å². The summed E-state index contributed by atoms with van der Waals surface area (Å²) in [6.07, 6.45) is 4.78. The van der Waals surface area contributed by atoms with Gasteiger partial charge in [0.15, 0.2) is 11.6 Å². The fourth-order valence-electron chi connectivity index (χ4n) is 2.95. The van der Waals surface area contributed by atoms with Crippen LogP contribution in [0, 0.1) is 0 Å². The number of carbonyl (C=O) groups is 1. The molecule has 1 aromatic carbocycles. The van der Waals surface area contributed by atoms with Crippen molar-refractivity contribution in [1.82, 2.24) is 15.2 Å². The van der Waals surface area contributed by atoms with Gasteiger partial charge < -0.3 is 19.2 Å². The Morgan fingerprint density at radius 2 is 2.20 bits per heavy atom. The molecule has 8 nitrogen and oxygen atoms in total. The summed E-state index contributed by atoms with van der Waals surface area (Å²) < 4.78 is 16.2. The number of H-pyrrole nitrogens is 1. The number of oxazole rings is 1. The monoisotopic (exact) mass is 342 g/mol. The molecule has 1 amide bonds. The zero-order valence-corrected chi connectivity index (χ0v) is 13.7. The molecule has 3 heterocycles. The molecule has 0 unspecified atom stereocenters. The van der Waals surface area contributed by atoms with E-state index < -0.39 is 0 Å². The SMILES string of the molecule is COc1cc2[nH]ncc2cc1NC(=O)c1coc(C2CCOCC2)n1. The van der Waals surface area contributed by atoms with Gasteiger partial charge in [-0.05, 0) is 18.9 Å². The number of rotatable bonds is 4. The number of ether oxygens (including phenoxy) is 2. The highest BCUT2D eigenvalue weighted by Gasteiger charge is 2.23. The Morgan fingerprint density at radius 1 is 1.36 bits per heavy atom. The van der Waals surface area contributed by atoms with Crippen LogP contribution in [0.25, 0.3) is 10.9 Å². The van der Waals surface area contributed by atoms with Crippen molar-refractivity contribution in [2.24, 2.45) is 0 Å². The largest absolute Gasteiger partial charge is 0.494 e. The maximum atomic E-state index is 12.5. The molecule has 1 aliphatic rings. The van der Waals surface area contributed by atoms with Crippen molar-refractivity contribution in [1.29, 1.82) is 0 Å². The zero-order valence-electron chi connectivity index (χ0n) is 13.7. The van der Waals surface area contributed by atoms with Crippen LogP contribution in [0.5, 0.6) is 5.75 Å². The van der Waals surface area contributed by atoms with Crippen molar-refractivity contribution in [3.8, 4) is 5.75 Å². The molecule has 0 radical (unpaired) electrons. The highest BCUT2D eigenvalue weighted by atomic mass is 16.5. The number of carbonyl (C=O) groups excluding carboxylic acids is 1. The Hall–Kier alpha value is -2.87. The summed E-state index contributed by atoms with van der Waals surface area (Å²) in [7, 11) is 1.55. The van der Waals surface area contributed by atoms with E-state index >= 15 is 0 Å². The zero-order chi connectivity index (χ0) is 17.2. The molecule has 2 N–H and O–H groups in total. The van der Waals surface area contributed by atoms with Crippen LogP contribution < -0.4 is 10.1 Å². The number of hydrogen-bond donors (Lipinski definition) is 2. The molecule has 3 aromatic rings. The number of nitrogens with zero attached hydrogens (tertiary/aromatic N) is 2. The van der Waals surface area contributed by atoms with E-state index in [4.69, 9.17) is 13.9 Å². The van der Waals surface area contributed by atoms with Crippen molar-refractivity contribution < 1.29 is 18.7 Å². The third kappa shape index (κ3) is 3.08. The second kappa shape index (κ2) is 6.56. The van der Waals surface area contributed by atoms with E-state index in [1.54, 1.807) is 25.4 Å². The van der Waals surface area contributed by atoms with Gasteiger partial charge in [-0.2, -0.15) is 5.10 Å². The number of fused-ring (bicyclic) bond motifs is 1. The Morgan fingerprint density at radius 3 is 3.00 bits per heavy atom. The van der Waals surface area contributed by atoms with Crippen molar-refractivity contribution in [3.63, 3.8) is 0 Å². The molecule has 0 saturated carbocycles. The normalized spacial score (nSPS) is 15.4. The highest BCUT2D eigenvalue weighted by molar-refractivity contribution is 6.04. The number of benzene rings is 1. The van der Waals surface area contributed by atoms with Crippen molar-refractivity contribution in [3.05, 3.63) is 36.2 Å². The van der Waals surface area contributed by atoms with E-state index in [9.17, 15) is 4.79 Å². The first-order valence-electron chi connectivity index (χ1n) is 8.10. The van der Waals surface area contributed by atoms with Gasteiger partial charge in [0, 0.05) is 30.6 Å². The van der Waals surface area contributed by atoms with E-state index in [1.165, 1.54) is 6.26 Å². The molecule has 0 bridgehead atoms. The number of nitrogens with one attached hydrogen (secondary N) is 2. The van der Waals surface area contributed by atoms with E-state index in [-0.39, 0.29) is 17.5 Å². The lowest BCUT2D eigenvalue weighted by Crippen LogP contribution is -2.16. The molecule has 25 heavy (non-hydrogen) atoms. The van der Waals surface area contributed by atoms with Crippen molar-refractivity contribution in [2.45, 2.75) is 18.8 Å². The summed E-state index contributed by atoms with van der Waals surface area (Å²) in [5.41, 5.74) is 1.63. The van der Waals surface area contributed by atoms with E-state index in [0.29, 0.717) is 30.5 Å². The van der Waals surface area contributed by atoms with Gasteiger partial charge in [0.1, 0.15) is 12.0 Å². The summed E-state index contributed by atoms with van der Waals surface area (Å²) in [6, 6.07) is 3.59. The smallest absolute Gasteiger partial charge is 0.277 e. The standard InChI is InChI=1S/C17H18N4O4/c1-23-15-7-12-11(8-18-21-12)6-13(15)19-16(22)14-9-25-17(20-14)10-2-4-24-5-3-10/h6-10H,2-5H2,1H3,(H,18,21)(H,19,22). The Bertz CT molecular complexity index is 895. The quantitative estimate of drug-likeness (QED) is 0.756. The molecular weight excluding hydrogens is 324 g/mol. The van der Waals surface area contributed by atoms with E-state index in [0.717, 1.165) is 23.7 Å². The second-order valence-electron chi connectivity index (χ2n) is 5.92. The summed E-state index contributed by atoms with van der Waals surface area (Å²) in [4.78, 5) is 16.9. The summed E-state index contributed by atoms with van der Waals surface area (Å²) >= 11 is 0. The van der Waals surface area contributed by atoms with Crippen LogP contribution in [0.2, 0.25) is 0 Å². The van der Waals surface area contributed by atoms with Gasteiger partial charge in [0.05, 0.1) is 24.5 Å². The minimum Gasteiger partial charge on any atom is -0.494 e. The fourth-order valence-corrected chi connectivity index (χ4v) is 2.95. The van der Waals surface area contributed by atoms with E-state index in [1.807, 2.05) is 0 Å². The fraction of sp³-hybridized carbons (Fsp3) is 0.353. The van der Waals surface area contributed by atoms with Crippen molar-refractivity contribution >= 4 is 22.5 Å². The van der Waals surface area contributed by atoms with Gasteiger partial charge in [0.2, 0.25) is 0 Å². The summed E-state index contributed by atoms with van der Waals surface area (Å²) in [5, 5.41) is 10.5. The number of methoxy groups -OCH3 is 1. The summed E-state index contributed by atoms with van der Waals surface area (Å²) in [5.74, 6) is 0.985. The van der Waals surface area contributed by atoms with Crippen LogP contribution in [0.3, 0.4) is 0 Å². The third-order valence-corrected chi connectivity index (χ3v) is 4.33. The molecule has 130 valence electrons. The minimum absolute atomic E-state index is 0.201. The lowest BCUT2D eigenvalue weighted by Gasteiger charge is -2.18. The van der Waals surface area contributed by atoms with Gasteiger partial charge in [-0.25, -0.2) is 4.98 Å². The van der Waals surface area contributed by atoms with Gasteiger partial charge in [-0.1, -0.05) is 0 Å². The number of aromatic amines is 1. The van der Waals surface area contributed by atoms with Crippen molar-refractivity contribution in [2.75, 3.05) is 25.6 Å². The van der Waals surface area contributed by atoms with Gasteiger partial charge in [-0.15, -0.1) is 0 Å². The number of aromatic nitrogens is 3. The van der Waals surface area contributed by atoms with Crippen LogP contribution in [-0.4, -0.2) is 41.4 Å². The number of hydrogen-bond acceptors (Lipinski definition) is 6. The number of anilines is 1. The molecule has 0 atom stereocenters. The molecule has 0 aliphatic carbocycles. The topological polar surface area (TPSA) is 102 Å². The first-order chi connectivity index (χ1) is 12.2. The number of amides is 1. The molecule has 4 rings (SSSR count). The van der Waals surface area contributed by atoms with Crippen LogP contribution in [0.1, 0.15) is 35.1 Å². The predicted octanol–water partition coefficient (Wildman–Crippen LogP) is 2.71. The predicted molar refractivity (Wildman–Crippen MR) is 89.9 cm³/mol. The second-order valence-corrected chi connectivity index (χ2v) is 5.92. The molecular formula is C17H18N4O4. The summed E-state index contributed by atoms with van der Waals surface area (Å²) in [6.45, 7) is 1.38. The van der Waals surface area contributed by atoms with Crippen LogP contribution in [0.15, 0.2) is 29.0 Å². The Kier molecular flexibility index (Phi) is 4.10. The van der Waals surface area contributed by atoms with Crippen LogP contribution in [-0.2, 0) is 4.74 Å². The first kappa shape index (κ1) is 15.6. The first-order valence-corrected chi connectivity index (χ1v) is 8.10. The molecule has 1 fully saturated rings. The lowest BCUT2D eigenvalue weighted by atomic mass is 10.0. The van der Waals surface area contributed by atoms with Crippen LogP contribution in [0.4, 0.5) is 5.69 Å². The van der Waals surface area contributed by atoms with E-state index in [2.05, 4.69) is 20.5 Å². The maximum absolute atomic E-state index is 12.5. The van der Waals surface area contributed by atoms with Gasteiger partial charge in [0.25, 0.3) is 5.91 Å². The average molecular weight is 342 g/mol. The lowest BCUT2D eigenvalue weighted by molar-refractivity contribution is 0.0794. The minimum atomic E-state index is -0.344. The molecule has 2 aromatic heterocycles. The maximum Gasteiger partial charge on any atom is 0.277 e. The molecule has 1 aliphatic heterocycles. The Balaban J connectivity index is 1.54. The Labute approximate surface area is 143 Å². The third-order valence-electron chi connectivity index (χ3n) is 4.33. The highest BCUT2D eigenvalue weighted by Crippen LogP contribution is 2.30. The molecule has 8 heteroatoms. The molecule has 1 saturated heterocycles. The van der Waals surface area contributed by atoms with Gasteiger partial charge in [-0.3, -0.25) is 9.89 Å².